The van der Waals surface area contributed by atoms with Gasteiger partial charge in [0.1, 0.15) is 12.4 Å². The Hall–Kier alpha value is -3.33. The maximum atomic E-state index is 12.8. The number of carbonyl (C=O) groups is 2. The zero-order valence-corrected chi connectivity index (χ0v) is 18.5. The van der Waals surface area contributed by atoms with Gasteiger partial charge in [-0.1, -0.05) is 44.2 Å². The van der Waals surface area contributed by atoms with Crippen molar-refractivity contribution in [3.63, 3.8) is 0 Å². The number of hydrogen-bond donors (Lipinski definition) is 3. The molecule has 3 aromatic rings. The number of hydrogen-bond acceptors (Lipinski definition) is 5. The maximum absolute atomic E-state index is 12.8. The fourth-order valence-corrected chi connectivity index (χ4v) is 3.56. The monoisotopic (exact) mass is 438 g/mol. The van der Waals surface area contributed by atoms with Crippen molar-refractivity contribution in [1.82, 2.24) is 25.4 Å². The van der Waals surface area contributed by atoms with E-state index in [0.717, 1.165) is 15.6 Å². The molecular weight excluding hydrogens is 412 g/mol. The maximum Gasteiger partial charge on any atom is 0.315 e. The Bertz CT molecular complexity index is 1000. The highest BCUT2D eigenvalue weighted by Crippen LogP contribution is 2.26. The zero-order valence-electron chi connectivity index (χ0n) is 17.7. The average Bonchev–Trinajstić information content (AvgIpc) is 3.16. The predicted molar refractivity (Wildman–Crippen MR) is 121 cm³/mol. The molecule has 3 rings (SSSR count). The van der Waals surface area contributed by atoms with Gasteiger partial charge in [-0.15, -0.1) is 10.2 Å². The molecule has 2 aromatic carbocycles. The summed E-state index contributed by atoms with van der Waals surface area (Å²) in [5, 5.41) is 17.1. The van der Waals surface area contributed by atoms with Gasteiger partial charge in [-0.3, -0.25) is 4.79 Å². The summed E-state index contributed by atoms with van der Waals surface area (Å²) in [7, 11) is 1.88. The smallest absolute Gasteiger partial charge is 0.315 e. The predicted octanol–water partition coefficient (Wildman–Crippen LogP) is 3.43. The molecule has 9 heteroatoms. The summed E-state index contributed by atoms with van der Waals surface area (Å²) in [6.45, 7) is 4.18. The Labute approximate surface area is 185 Å². The van der Waals surface area contributed by atoms with Gasteiger partial charge in [0.05, 0.1) is 0 Å². The lowest BCUT2D eigenvalue weighted by Crippen LogP contribution is -2.50. The summed E-state index contributed by atoms with van der Waals surface area (Å²) in [6.07, 6.45) is 1.64. The van der Waals surface area contributed by atoms with Crippen LogP contribution in [0.3, 0.4) is 0 Å². The van der Waals surface area contributed by atoms with Gasteiger partial charge in [0.15, 0.2) is 5.16 Å². The van der Waals surface area contributed by atoms with Crippen LogP contribution in [0.5, 0.6) is 0 Å². The van der Waals surface area contributed by atoms with Gasteiger partial charge in [-0.05, 0) is 47.5 Å². The number of nitrogens with zero attached hydrogens (tertiary/aromatic N) is 3. The molecule has 0 saturated carbocycles. The van der Waals surface area contributed by atoms with Crippen LogP contribution in [0.15, 0.2) is 71.0 Å². The Kier molecular flexibility index (Phi) is 7.66. The highest BCUT2D eigenvalue weighted by molar-refractivity contribution is 7.99. The van der Waals surface area contributed by atoms with E-state index >= 15 is 0 Å². The van der Waals surface area contributed by atoms with Gasteiger partial charge in [0.2, 0.25) is 5.91 Å². The van der Waals surface area contributed by atoms with Crippen LogP contribution in [0.2, 0.25) is 0 Å². The van der Waals surface area contributed by atoms with Crippen molar-refractivity contribution >= 4 is 29.4 Å². The second-order valence-electron chi connectivity index (χ2n) is 7.37. The molecule has 31 heavy (non-hydrogen) atoms. The summed E-state index contributed by atoms with van der Waals surface area (Å²) < 4.78 is 1.84. The van der Waals surface area contributed by atoms with Gasteiger partial charge < -0.3 is 20.5 Å². The first-order valence-electron chi connectivity index (χ1n) is 9.93. The number of urea groups is 1. The lowest BCUT2D eigenvalue weighted by molar-refractivity contribution is -0.118. The third kappa shape index (κ3) is 6.58. The minimum Gasteiger partial charge on any atom is -0.334 e. The van der Waals surface area contributed by atoms with Crippen LogP contribution >= 0.6 is 11.8 Å². The third-order valence-corrected chi connectivity index (χ3v) is 5.59. The molecule has 0 bridgehead atoms. The molecule has 0 fully saturated rings. The summed E-state index contributed by atoms with van der Waals surface area (Å²) in [5.41, 5.74) is 1.65. The number of anilines is 1. The number of carbonyl (C=O) groups excluding carboxylic acids is 2. The molecule has 0 saturated heterocycles. The molecule has 1 unspecified atom stereocenters. The summed E-state index contributed by atoms with van der Waals surface area (Å²) in [6, 6.07) is 16.0. The molecule has 1 heterocycles. The number of rotatable bonds is 8. The minimum atomic E-state index is -0.663. The summed E-state index contributed by atoms with van der Waals surface area (Å²) >= 11 is 1.48. The van der Waals surface area contributed by atoms with Crippen molar-refractivity contribution in [3.8, 4) is 0 Å². The molecule has 162 valence electrons. The van der Waals surface area contributed by atoms with Gasteiger partial charge in [-0.2, -0.15) is 0 Å². The first-order chi connectivity index (χ1) is 14.9. The highest BCUT2D eigenvalue weighted by atomic mass is 32.2. The van der Waals surface area contributed by atoms with Crippen molar-refractivity contribution < 1.29 is 9.59 Å². The molecule has 8 nitrogen and oxygen atoms in total. The van der Waals surface area contributed by atoms with Crippen LogP contribution in [-0.4, -0.2) is 32.7 Å². The average molecular weight is 439 g/mol. The molecule has 0 aliphatic rings. The molecule has 0 aliphatic carbocycles. The van der Waals surface area contributed by atoms with E-state index in [1.807, 2.05) is 80.1 Å². The van der Waals surface area contributed by atoms with Crippen molar-refractivity contribution in [2.24, 2.45) is 13.0 Å². The SMILES string of the molecule is CC(C)C(NC(=O)NCc1ccccc1)C(=O)Nc1ccc(Sc2nncn2C)cc1. The Morgan fingerprint density at radius 1 is 1.06 bits per heavy atom. The molecule has 3 N–H and O–H groups in total. The summed E-state index contributed by atoms with van der Waals surface area (Å²) in [5.74, 6) is -0.341. The van der Waals surface area contributed by atoms with E-state index in [0.29, 0.717) is 12.2 Å². The zero-order chi connectivity index (χ0) is 22.2. The largest absolute Gasteiger partial charge is 0.334 e. The molecule has 0 radical (unpaired) electrons. The quantitative estimate of drug-likeness (QED) is 0.500. The molecule has 1 aromatic heterocycles. The number of benzene rings is 2. The molecule has 1 atom stereocenters. The highest BCUT2D eigenvalue weighted by Gasteiger charge is 2.24. The van der Waals surface area contributed by atoms with Crippen molar-refractivity contribution in [1.29, 1.82) is 0 Å². The van der Waals surface area contributed by atoms with Crippen LogP contribution in [-0.2, 0) is 18.4 Å². The lowest BCUT2D eigenvalue weighted by atomic mass is 10.0. The van der Waals surface area contributed by atoms with Crippen molar-refractivity contribution in [3.05, 3.63) is 66.5 Å². The first kappa shape index (κ1) is 22.4. The van der Waals surface area contributed by atoms with E-state index in [4.69, 9.17) is 0 Å². The molecular formula is C22H26N6O2S. The molecule has 0 spiro atoms. The second-order valence-corrected chi connectivity index (χ2v) is 8.42. The van der Waals surface area contributed by atoms with Crippen molar-refractivity contribution in [2.45, 2.75) is 36.5 Å². The van der Waals surface area contributed by atoms with E-state index in [9.17, 15) is 9.59 Å². The standard InChI is InChI=1S/C22H26N6O2S/c1-15(2)19(26-21(30)23-13-16-7-5-4-6-8-16)20(29)25-17-9-11-18(12-10-17)31-22-27-24-14-28(22)3/h4-12,14-15,19H,13H2,1-3H3,(H,25,29)(H2,23,26,30). The number of aryl methyl sites for hydroxylation is 1. The van der Waals surface area contributed by atoms with Gasteiger partial charge in [0, 0.05) is 24.2 Å². The number of aromatic nitrogens is 3. The van der Waals surface area contributed by atoms with Gasteiger partial charge in [-0.25, -0.2) is 4.79 Å². The summed E-state index contributed by atoms with van der Waals surface area (Å²) in [4.78, 5) is 26.0. The van der Waals surface area contributed by atoms with E-state index < -0.39 is 6.04 Å². The minimum absolute atomic E-state index is 0.0757. The van der Waals surface area contributed by atoms with Crippen LogP contribution in [0, 0.1) is 5.92 Å². The van der Waals surface area contributed by atoms with E-state index in [1.54, 1.807) is 6.33 Å². The first-order valence-corrected chi connectivity index (χ1v) is 10.7. The normalized spacial score (nSPS) is 11.7. The van der Waals surface area contributed by atoms with E-state index in [-0.39, 0.29) is 17.9 Å². The van der Waals surface area contributed by atoms with E-state index in [2.05, 4.69) is 26.1 Å². The topological polar surface area (TPSA) is 101 Å². The lowest BCUT2D eigenvalue weighted by Gasteiger charge is -2.22. The van der Waals surface area contributed by atoms with Crippen LogP contribution in [0.4, 0.5) is 10.5 Å². The molecule has 3 amide bonds. The fraction of sp³-hybridized carbons (Fsp3) is 0.273. The third-order valence-electron chi connectivity index (χ3n) is 4.53. The Balaban J connectivity index is 1.54. The van der Waals surface area contributed by atoms with Crippen LogP contribution < -0.4 is 16.0 Å². The van der Waals surface area contributed by atoms with Gasteiger partial charge in [0.25, 0.3) is 0 Å². The van der Waals surface area contributed by atoms with Crippen LogP contribution in [0.1, 0.15) is 19.4 Å². The second kappa shape index (κ2) is 10.6. The Morgan fingerprint density at radius 3 is 2.39 bits per heavy atom. The van der Waals surface area contributed by atoms with Crippen molar-refractivity contribution in [2.75, 3.05) is 5.32 Å². The molecule has 0 aliphatic heterocycles. The number of amides is 3. The number of nitrogens with one attached hydrogen (secondary N) is 3. The van der Waals surface area contributed by atoms with Gasteiger partial charge >= 0.3 is 6.03 Å². The van der Waals surface area contributed by atoms with E-state index in [1.165, 1.54) is 11.8 Å². The fourth-order valence-electron chi connectivity index (χ4n) is 2.80. The Morgan fingerprint density at radius 2 is 1.77 bits per heavy atom. The van der Waals surface area contributed by atoms with Crippen LogP contribution in [0.25, 0.3) is 0 Å².